The van der Waals surface area contributed by atoms with Crippen LogP contribution in [-0.4, -0.2) is 18.1 Å². The minimum atomic E-state index is -0.475. The molecule has 2 aromatic rings. The minimum Gasteiger partial charge on any atom is -0.495 e. The molecule has 0 aliphatic carbocycles. The standard InChI is InChI=1S/C15H10Br2FIN2O2S/c1-23-13-9(4-7(16)5-10(13)17)14(22)21-15(24)20-12-3-2-8(19)6-11(12)18/h2-6H,1H3,(H2,20,21,22,24). The van der Waals surface area contributed by atoms with Gasteiger partial charge in [0.05, 0.1) is 22.8 Å². The van der Waals surface area contributed by atoms with E-state index in [1.54, 1.807) is 24.3 Å². The van der Waals surface area contributed by atoms with E-state index in [9.17, 15) is 9.18 Å². The van der Waals surface area contributed by atoms with Crippen molar-refractivity contribution in [3.05, 3.63) is 54.2 Å². The Morgan fingerprint density at radius 2 is 2.00 bits per heavy atom. The third-order valence-corrected chi connectivity index (χ3v) is 4.79. The number of thiocarbonyl (C=S) groups is 1. The highest BCUT2D eigenvalue weighted by molar-refractivity contribution is 14.1. The molecule has 0 spiro atoms. The maximum Gasteiger partial charge on any atom is 0.261 e. The quantitative estimate of drug-likeness (QED) is 0.388. The lowest BCUT2D eigenvalue weighted by Gasteiger charge is -2.13. The van der Waals surface area contributed by atoms with Gasteiger partial charge in [0.2, 0.25) is 0 Å². The van der Waals surface area contributed by atoms with Crippen molar-refractivity contribution in [1.29, 1.82) is 0 Å². The fraction of sp³-hybridized carbons (Fsp3) is 0.0667. The molecular formula is C15H10Br2FIN2O2S. The monoisotopic (exact) mass is 586 g/mol. The summed E-state index contributed by atoms with van der Waals surface area (Å²) >= 11 is 13.7. The normalized spacial score (nSPS) is 10.2. The molecule has 2 N–H and O–H groups in total. The summed E-state index contributed by atoms with van der Waals surface area (Å²) in [6, 6.07) is 8.00. The van der Waals surface area contributed by atoms with Crippen molar-refractivity contribution in [3.63, 3.8) is 0 Å². The number of anilines is 1. The van der Waals surface area contributed by atoms with E-state index in [1.807, 2.05) is 22.6 Å². The molecule has 0 saturated heterocycles. The van der Waals surface area contributed by atoms with Crippen molar-refractivity contribution >= 4 is 83.4 Å². The van der Waals surface area contributed by atoms with Gasteiger partial charge in [-0.1, -0.05) is 15.9 Å². The van der Waals surface area contributed by atoms with Crippen LogP contribution in [0.15, 0.2) is 39.3 Å². The number of hydrogen-bond donors (Lipinski definition) is 2. The zero-order valence-corrected chi connectivity index (χ0v) is 18.3. The van der Waals surface area contributed by atoms with Gasteiger partial charge in [-0.3, -0.25) is 10.1 Å². The number of benzene rings is 2. The zero-order valence-electron chi connectivity index (χ0n) is 12.1. The molecule has 9 heteroatoms. The molecular weight excluding hydrogens is 578 g/mol. The van der Waals surface area contributed by atoms with E-state index in [-0.39, 0.29) is 16.4 Å². The number of carbonyl (C=O) groups excluding carboxylic acids is 1. The minimum absolute atomic E-state index is 0.0155. The predicted molar refractivity (Wildman–Crippen MR) is 111 cm³/mol. The summed E-state index contributed by atoms with van der Waals surface area (Å²) in [6.07, 6.45) is 0. The van der Waals surface area contributed by atoms with Gasteiger partial charge in [-0.25, -0.2) is 4.39 Å². The average molecular weight is 588 g/mol. The zero-order chi connectivity index (χ0) is 17.9. The number of halogens is 4. The summed E-state index contributed by atoms with van der Waals surface area (Å²) in [7, 11) is 1.46. The van der Waals surface area contributed by atoms with Crippen LogP contribution >= 0.6 is 66.7 Å². The van der Waals surface area contributed by atoms with E-state index >= 15 is 0 Å². The summed E-state index contributed by atoms with van der Waals surface area (Å²) in [5, 5.41) is 5.15. The number of methoxy groups -OCH3 is 1. The van der Waals surface area contributed by atoms with Crippen molar-refractivity contribution in [2.75, 3.05) is 12.4 Å². The summed E-state index contributed by atoms with van der Waals surface area (Å²) in [5.41, 5.74) is 0.467. The Morgan fingerprint density at radius 1 is 1.29 bits per heavy atom. The SMILES string of the molecule is COc1c(Br)cc(Br)cc1C(=O)NC(=S)Nc1ccc(I)cc1F. The van der Waals surface area contributed by atoms with Gasteiger partial charge in [-0.2, -0.15) is 0 Å². The molecule has 0 bridgehead atoms. The Morgan fingerprint density at radius 3 is 2.62 bits per heavy atom. The molecule has 0 aromatic heterocycles. The van der Waals surface area contributed by atoms with Crippen LogP contribution in [0.4, 0.5) is 10.1 Å². The van der Waals surface area contributed by atoms with Gasteiger partial charge >= 0.3 is 0 Å². The first kappa shape index (κ1) is 19.5. The number of carbonyl (C=O) groups is 1. The first-order valence-corrected chi connectivity index (χ1v) is 9.49. The van der Waals surface area contributed by atoms with Gasteiger partial charge in [-0.15, -0.1) is 0 Å². The third kappa shape index (κ3) is 4.87. The fourth-order valence-corrected chi connectivity index (χ4v) is 3.89. The maximum atomic E-state index is 13.8. The highest BCUT2D eigenvalue weighted by Crippen LogP contribution is 2.32. The van der Waals surface area contributed by atoms with Crippen LogP contribution in [0.1, 0.15) is 10.4 Å². The van der Waals surface area contributed by atoms with Crippen molar-refractivity contribution in [1.82, 2.24) is 5.32 Å². The Kier molecular flexibility index (Phi) is 6.96. The number of nitrogens with one attached hydrogen (secondary N) is 2. The molecule has 0 fully saturated rings. The first-order valence-electron chi connectivity index (χ1n) is 6.42. The van der Waals surface area contributed by atoms with Crippen LogP contribution in [0.25, 0.3) is 0 Å². The van der Waals surface area contributed by atoms with Gasteiger partial charge in [0.1, 0.15) is 11.6 Å². The molecule has 2 aromatic carbocycles. The smallest absolute Gasteiger partial charge is 0.261 e. The summed E-state index contributed by atoms with van der Waals surface area (Å²) < 4.78 is 21.1. The predicted octanol–water partition coefficient (Wildman–Crippen LogP) is 5.09. The van der Waals surface area contributed by atoms with Crippen molar-refractivity contribution in [2.45, 2.75) is 0 Å². The number of amides is 1. The molecule has 2 rings (SSSR count). The molecule has 1 amide bonds. The van der Waals surface area contributed by atoms with Gasteiger partial charge in [-0.05, 0) is 81.1 Å². The van der Waals surface area contributed by atoms with E-state index in [1.165, 1.54) is 13.2 Å². The van der Waals surface area contributed by atoms with Crippen molar-refractivity contribution in [2.24, 2.45) is 0 Å². The summed E-state index contributed by atoms with van der Waals surface area (Å²) in [6.45, 7) is 0. The Balaban J connectivity index is 2.16. The molecule has 4 nitrogen and oxygen atoms in total. The van der Waals surface area contributed by atoms with Gasteiger partial charge in [0.15, 0.2) is 5.11 Å². The van der Waals surface area contributed by atoms with Crippen LogP contribution in [0.3, 0.4) is 0 Å². The van der Waals surface area contributed by atoms with Crippen molar-refractivity contribution in [3.8, 4) is 5.75 Å². The number of hydrogen-bond acceptors (Lipinski definition) is 3. The molecule has 0 atom stereocenters. The van der Waals surface area contributed by atoms with E-state index in [2.05, 4.69) is 42.5 Å². The highest BCUT2D eigenvalue weighted by atomic mass is 127. The summed E-state index contributed by atoms with van der Waals surface area (Å²) in [5.74, 6) is -0.558. The molecule has 0 aliphatic rings. The summed E-state index contributed by atoms with van der Waals surface area (Å²) in [4.78, 5) is 12.4. The maximum absolute atomic E-state index is 13.8. The van der Waals surface area contributed by atoms with Crippen LogP contribution in [0.5, 0.6) is 5.75 Å². The van der Waals surface area contributed by atoms with E-state index in [0.29, 0.717) is 14.7 Å². The lowest BCUT2D eigenvalue weighted by molar-refractivity contribution is 0.0974. The third-order valence-electron chi connectivity index (χ3n) is 2.86. The average Bonchev–Trinajstić information content (AvgIpc) is 2.49. The van der Waals surface area contributed by atoms with Crippen LogP contribution in [0, 0.1) is 9.39 Å². The van der Waals surface area contributed by atoms with E-state index < -0.39 is 11.7 Å². The second-order valence-electron chi connectivity index (χ2n) is 4.50. The molecule has 0 aliphatic heterocycles. The molecule has 24 heavy (non-hydrogen) atoms. The largest absolute Gasteiger partial charge is 0.495 e. The highest BCUT2D eigenvalue weighted by Gasteiger charge is 2.17. The lowest BCUT2D eigenvalue weighted by atomic mass is 10.2. The van der Waals surface area contributed by atoms with Crippen molar-refractivity contribution < 1.29 is 13.9 Å². The van der Waals surface area contributed by atoms with Gasteiger partial charge in [0.25, 0.3) is 5.91 Å². The molecule has 0 heterocycles. The van der Waals surface area contributed by atoms with Gasteiger partial charge in [0, 0.05) is 8.04 Å². The van der Waals surface area contributed by atoms with E-state index in [4.69, 9.17) is 17.0 Å². The Labute approximate surface area is 173 Å². The second kappa shape index (κ2) is 8.54. The molecule has 0 unspecified atom stereocenters. The lowest BCUT2D eigenvalue weighted by Crippen LogP contribution is -2.34. The number of ether oxygens (including phenoxy) is 1. The topological polar surface area (TPSA) is 50.4 Å². The first-order chi connectivity index (χ1) is 11.3. The Bertz CT molecular complexity index is 820. The van der Waals surface area contributed by atoms with E-state index in [0.717, 1.165) is 3.57 Å². The van der Waals surface area contributed by atoms with Crippen LogP contribution in [0.2, 0.25) is 0 Å². The number of rotatable bonds is 3. The molecule has 0 saturated carbocycles. The molecule has 126 valence electrons. The fourth-order valence-electron chi connectivity index (χ4n) is 1.85. The molecule has 0 radical (unpaired) electrons. The van der Waals surface area contributed by atoms with Gasteiger partial charge < -0.3 is 10.1 Å². The van der Waals surface area contributed by atoms with Crippen LogP contribution < -0.4 is 15.4 Å². The Hall–Kier alpha value is -0.780. The van der Waals surface area contributed by atoms with Crippen LogP contribution in [-0.2, 0) is 0 Å². The second-order valence-corrected chi connectivity index (χ2v) is 7.92.